The van der Waals surface area contributed by atoms with Crippen molar-refractivity contribution in [3.63, 3.8) is 0 Å². The molecule has 0 bridgehead atoms. The van der Waals surface area contributed by atoms with Crippen LogP contribution in [0, 0.1) is 0 Å². The van der Waals surface area contributed by atoms with Crippen molar-refractivity contribution < 1.29 is 4.43 Å². The van der Waals surface area contributed by atoms with Crippen molar-refractivity contribution in [3.05, 3.63) is 84.9 Å². The van der Waals surface area contributed by atoms with E-state index in [1.807, 2.05) is 24.3 Å². The van der Waals surface area contributed by atoms with Crippen LogP contribution >= 0.6 is 0 Å². The minimum Gasteiger partial charge on any atom is -0.534 e. The van der Waals surface area contributed by atoms with Gasteiger partial charge < -0.3 is 10.2 Å². The smallest absolute Gasteiger partial charge is 0.319 e. The predicted molar refractivity (Wildman–Crippen MR) is 109 cm³/mol. The zero-order chi connectivity index (χ0) is 17.9. The largest absolute Gasteiger partial charge is 0.534 e. The summed E-state index contributed by atoms with van der Waals surface area (Å²) in [5.74, 6) is 0.864. The molecule has 25 heavy (non-hydrogen) atoms. The summed E-state index contributed by atoms with van der Waals surface area (Å²) in [7, 11) is -2.55. The summed E-state index contributed by atoms with van der Waals surface area (Å²) < 4.78 is 6.88. The number of rotatable bonds is 4. The van der Waals surface area contributed by atoms with Gasteiger partial charge in [0.15, 0.2) is 0 Å². The van der Waals surface area contributed by atoms with Crippen LogP contribution in [0.15, 0.2) is 84.9 Å². The highest BCUT2D eigenvalue weighted by Crippen LogP contribution is 2.37. The van der Waals surface area contributed by atoms with Gasteiger partial charge in [-0.2, -0.15) is 0 Å². The Morgan fingerprint density at radius 1 is 0.680 bits per heavy atom. The molecule has 3 heteroatoms. The molecule has 3 rings (SSSR count). The van der Waals surface area contributed by atoms with E-state index in [1.54, 1.807) is 0 Å². The molecule has 128 valence electrons. The van der Waals surface area contributed by atoms with Crippen LogP contribution in [0.25, 0.3) is 0 Å². The molecule has 2 N–H and O–H groups in total. The van der Waals surface area contributed by atoms with Gasteiger partial charge in [0.1, 0.15) is 5.75 Å². The maximum absolute atomic E-state index is 6.88. The summed E-state index contributed by atoms with van der Waals surface area (Å²) in [6, 6.07) is 29.0. The summed E-state index contributed by atoms with van der Waals surface area (Å²) in [5.41, 5.74) is 6.60. The maximum atomic E-state index is 6.88. The van der Waals surface area contributed by atoms with E-state index >= 15 is 0 Å². The highest BCUT2D eigenvalue weighted by Gasteiger charge is 2.52. The Bertz CT molecular complexity index is 769. The molecule has 0 atom stereocenters. The van der Waals surface area contributed by atoms with Gasteiger partial charge in [0.05, 0.1) is 0 Å². The molecule has 0 radical (unpaired) electrons. The summed E-state index contributed by atoms with van der Waals surface area (Å²) in [4.78, 5) is 0. The molecule has 0 aliphatic heterocycles. The Morgan fingerprint density at radius 3 is 1.52 bits per heavy atom. The van der Waals surface area contributed by atoms with Crippen molar-refractivity contribution >= 4 is 24.4 Å². The van der Waals surface area contributed by atoms with E-state index in [0.29, 0.717) is 0 Å². The molecule has 0 saturated carbocycles. The van der Waals surface area contributed by atoms with Crippen molar-refractivity contribution in [1.82, 2.24) is 0 Å². The number of nitrogens with two attached hydrogens (primary N) is 1. The molecule has 0 fully saturated rings. The molecule has 0 aliphatic carbocycles. The number of anilines is 1. The van der Waals surface area contributed by atoms with E-state index in [4.69, 9.17) is 10.2 Å². The Morgan fingerprint density at radius 2 is 1.12 bits per heavy atom. The third-order valence-electron chi connectivity index (χ3n) is 4.57. The Hall–Kier alpha value is -2.52. The molecular formula is C22H25NOSi. The van der Waals surface area contributed by atoms with Gasteiger partial charge in [0.25, 0.3) is 0 Å². The van der Waals surface area contributed by atoms with E-state index in [9.17, 15) is 0 Å². The van der Waals surface area contributed by atoms with E-state index < -0.39 is 8.32 Å². The molecule has 3 aromatic carbocycles. The molecule has 0 aromatic heterocycles. The first kappa shape index (κ1) is 17.3. The van der Waals surface area contributed by atoms with Gasteiger partial charge in [-0.15, -0.1) is 0 Å². The van der Waals surface area contributed by atoms with Crippen LogP contribution < -0.4 is 20.5 Å². The van der Waals surface area contributed by atoms with Crippen molar-refractivity contribution in [2.24, 2.45) is 0 Å². The van der Waals surface area contributed by atoms with Gasteiger partial charge in [0.2, 0.25) is 0 Å². The van der Waals surface area contributed by atoms with Crippen LogP contribution in [-0.2, 0) is 0 Å². The van der Waals surface area contributed by atoms with Gasteiger partial charge >= 0.3 is 8.32 Å². The van der Waals surface area contributed by atoms with Crippen LogP contribution in [0.3, 0.4) is 0 Å². The summed E-state index contributed by atoms with van der Waals surface area (Å²) in [6.45, 7) is 6.82. The maximum Gasteiger partial charge on any atom is 0.319 e. The summed E-state index contributed by atoms with van der Waals surface area (Å²) >= 11 is 0. The van der Waals surface area contributed by atoms with E-state index in [-0.39, 0.29) is 5.04 Å². The molecule has 2 nitrogen and oxygen atoms in total. The summed E-state index contributed by atoms with van der Waals surface area (Å²) in [5, 5.41) is 2.49. The molecule has 3 aromatic rings. The van der Waals surface area contributed by atoms with E-state index in [2.05, 4.69) is 81.4 Å². The SMILES string of the molecule is CC(C)(C)[Si](Oc1ccc(N)cc1)(c1ccccc1)c1ccccc1. The van der Waals surface area contributed by atoms with E-state index in [1.165, 1.54) is 10.4 Å². The lowest BCUT2D eigenvalue weighted by Gasteiger charge is -2.43. The minimum atomic E-state index is -2.55. The zero-order valence-corrected chi connectivity index (χ0v) is 16.1. The van der Waals surface area contributed by atoms with Crippen LogP contribution in [0.1, 0.15) is 20.8 Å². The van der Waals surface area contributed by atoms with E-state index in [0.717, 1.165) is 11.4 Å². The van der Waals surface area contributed by atoms with Gasteiger partial charge in [-0.25, -0.2) is 0 Å². The average molecular weight is 348 g/mol. The Kier molecular flexibility index (Phi) is 4.68. The standard InChI is InChI=1S/C22H25NOSi/c1-22(2,3)25(20-10-6-4-7-11-20,21-12-8-5-9-13-21)24-19-16-14-18(23)15-17-19/h4-17H,23H2,1-3H3. The minimum absolute atomic E-state index is 0.0446. The quantitative estimate of drug-likeness (QED) is 0.567. The zero-order valence-electron chi connectivity index (χ0n) is 15.1. The second-order valence-electron chi connectivity index (χ2n) is 7.33. The average Bonchev–Trinajstić information content (AvgIpc) is 2.62. The normalized spacial score (nSPS) is 12.0. The van der Waals surface area contributed by atoms with Crippen LogP contribution in [0.4, 0.5) is 5.69 Å². The van der Waals surface area contributed by atoms with Gasteiger partial charge in [-0.3, -0.25) is 0 Å². The second-order valence-corrected chi connectivity index (χ2v) is 11.6. The lowest BCUT2D eigenvalue weighted by molar-refractivity contribution is 0.508. The summed E-state index contributed by atoms with van der Waals surface area (Å²) in [6.07, 6.45) is 0. The highest BCUT2D eigenvalue weighted by molar-refractivity contribution is 7.00. The molecule has 0 aliphatic rings. The third-order valence-corrected chi connectivity index (χ3v) is 9.51. The third kappa shape index (κ3) is 3.33. The second kappa shape index (κ2) is 6.77. The fourth-order valence-corrected chi connectivity index (χ4v) is 7.78. The monoisotopic (exact) mass is 347 g/mol. The van der Waals surface area contributed by atoms with Crippen LogP contribution in [-0.4, -0.2) is 8.32 Å². The van der Waals surface area contributed by atoms with Crippen molar-refractivity contribution in [3.8, 4) is 5.75 Å². The molecular weight excluding hydrogens is 322 g/mol. The first-order chi connectivity index (χ1) is 11.9. The van der Waals surface area contributed by atoms with Crippen molar-refractivity contribution in [2.45, 2.75) is 25.8 Å². The predicted octanol–water partition coefficient (Wildman–Crippen LogP) is 4.21. The number of benzene rings is 3. The van der Waals surface area contributed by atoms with Crippen molar-refractivity contribution in [2.75, 3.05) is 5.73 Å². The Labute approximate surface area is 151 Å². The van der Waals surface area contributed by atoms with Crippen molar-refractivity contribution in [1.29, 1.82) is 0 Å². The molecule has 0 unspecified atom stereocenters. The molecule has 0 spiro atoms. The highest BCUT2D eigenvalue weighted by atomic mass is 28.4. The molecule has 0 heterocycles. The first-order valence-electron chi connectivity index (χ1n) is 8.59. The number of hydrogen-bond donors (Lipinski definition) is 1. The fourth-order valence-electron chi connectivity index (χ4n) is 3.36. The van der Waals surface area contributed by atoms with Gasteiger partial charge in [-0.1, -0.05) is 81.4 Å². The molecule has 0 saturated heterocycles. The first-order valence-corrected chi connectivity index (χ1v) is 10.5. The number of nitrogen functional groups attached to an aromatic ring is 1. The fraction of sp³-hybridized carbons (Fsp3) is 0.182. The number of hydrogen-bond acceptors (Lipinski definition) is 2. The Balaban J connectivity index is 2.23. The van der Waals surface area contributed by atoms with Gasteiger partial charge in [0, 0.05) is 5.69 Å². The molecule has 0 amide bonds. The lowest BCUT2D eigenvalue weighted by Crippen LogP contribution is -2.68. The van der Waals surface area contributed by atoms with Crippen LogP contribution in [0.2, 0.25) is 5.04 Å². The van der Waals surface area contributed by atoms with Crippen LogP contribution in [0.5, 0.6) is 5.75 Å². The van der Waals surface area contributed by atoms with Gasteiger partial charge in [-0.05, 0) is 39.7 Å². The topological polar surface area (TPSA) is 35.2 Å². The lowest BCUT2D eigenvalue weighted by atomic mass is 10.2.